The third-order valence-electron chi connectivity index (χ3n) is 2.53. The first-order chi connectivity index (χ1) is 7.97. The molecule has 4 heteroatoms. The second kappa shape index (κ2) is 4.20. The molecule has 0 bridgehead atoms. The summed E-state index contributed by atoms with van der Waals surface area (Å²) in [4.78, 5) is 11.7. The van der Waals surface area contributed by atoms with Crippen molar-refractivity contribution in [1.29, 1.82) is 0 Å². The molecule has 0 saturated heterocycles. The lowest BCUT2D eigenvalue weighted by Gasteiger charge is -2.16. The minimum atomic E-state index is -0.362. The summed E-state index contributed by atoms with van der Waals surface area (Å²) in [5.74, 6) is 0.0366. The van der Waals surface area contributed by atoms with Gasteiger partial charge < -0.3 is 5.32 Å². The maximum absolute atomic E-state index is 11.7. The number of aromatic nitrogens is 2. The van der Waals surface area contributed by atoms with Crippen LogP contribution < -0.4 is 5.32 Å². The number of hydrogen-bond donors (Lipinski definition) is 1. The van der Waals surface area contributed by atoms with E-state index in [4.69, 9.17) is 0 Å². The number of hydrogen-bond acceptors (Lipinski definition) is 2. The van der Waals surface area contributed by atoms with Crippen molar-refractivity contribution in [2.75, 3.05) is 0 Å². The van der Waals surface area contributed by atoms with Crippen LogP contribution in [0.1, 0.15) is 26.5 Å². The lowest BCUT2D eigenvalue weighted by atomic mass is 9.96. The van der Waals surface area contributed by atoms with Crippen molar-refractivity contribution < 1.29 is 4.79 Å². The van der Waals surface area contributed by atoms with Crippen molar-refractivity contribution >= 4 is 11.4 Å². The van der Waals surface area contributed by atoms with Gasteiger partial charge in [-0.1, -0.05) is 26.8 Å². The van der Waals surface area contributed by atoms with E-state index >= 15 is 0 Å². The molecule has 90 valence electrons. The molecule has 1 N–H and O–H groups in total. The number of nitrogens with zero attached hydrogens (tertiary/aromatic N) is 2. The second-order valence-corrected chi connectivity index (χ2v) is 5.14. The van der Waals surface area contributed by atoms with Gasteiger partial charge in [0.2, 0.25) is 5.91 Å². The van der Waals surface area contributed by atoms with E-state index < -0.39 is 0 Å². The van der Waals surface area contributed by atoms with E-state index in [0.717, 1.165) is 11.2 Å². The van der Waals surface area contributed by atoms with E-state index in [2.05, 4.69) is 10.4 Å². The Morgan fingerprint density at radius 2 is 2.18 bits per heavy atom. The van der Waals surface area contributed by atoms with E-state index in [9.17, 15) is 4.79 Å². The summed E-state index contributed by atoms with van der Waals surface area (Å²) in [5, 5.41) is 7.25. The summed E-state index contributed by atoms with van der Waals surface area (Å²) >= 11 is 0. The Hall–Kier alpha value is -1.84. The SMILES string of the molecule is CC(C)(C)C(=O)NCc1cc2ccccn2n1. The van der Waals surface area contributed by atoms with Gasteiger partial charge in [0.1, 0.15) is 0 Å². The zero-order valence-electron chi connectivity index (χ0n) is 10.4. The van der Waals surface area contributed by atoms with Gasteiger partial charge in [0.05, 0.1) is 17.8 Å². The lowest BCUT2D eigenvalue weighted by Crippen LogP contribution is -2.34. The van der Waals surface area contributed by atoms with Gasteiger partial charge >= 0.3 is 0 Å². The van der Waals surface area contributed by atoms with Gasteiger partial charge in [0.25, 0.3) is 0 Å². The van der Waals surface area contributed by atoms with Crippen LogP contribution in [0.15, 0.2) is 30.5 Å². The van der Waals surface area contributed by atoms with Crippen LogP contribution in [0.2, 0.25) is 0 Å². The fourth-order valence-electron chi connectivity index (χ4n) is 1.51. The number of carbonyl (C=O) groups is 1. The molecule has 0 aliphatic heterocycles. The van der Waals surface area contributed by atoms with Crippen LogP contribution in [0, 0.1) is 5.41 Å². The Kier molecular flexibility index (Phi) is 2.88. The van der Waals surface area contributed by atoms with Crippen LogP contribution in [-0.4, -0.2) is 15.5 Å². The summed E-state index contributed by atoms with van der Waals surface area (Å²) in [6, 6.07) is 7.86. The van der Waals surface area contributed by atoms with E-state index in [1.807, 2.05) is 51.2 Å². The average Bonchev–Trinajstić information content (AvgIpc) is 2.66. The monoisotopic (exact) mass is 231 g/mol. The zero-order valence-corrected chi connectivity index (χ0v) is 10.4. The van der Waals surface area contributed by atoms with E-state index in [1.54, 1.807) is 4.52 Å². The van der Waals surface area contributed by atoms with E-state index in [0.29, 0.717) is 6.54 Å². The van der Waals surface area contributed by atoms with Crippen molar-refractivity contribution in [3.8, 4) is 0 Å². The van der Waals surface area contributed by atoms with Crippen LogP contribution in [0.25, 0.3) is 5.52 Å². The first-order valence-corrected chi connectivity index (χ1v) is 5.68. The number of pyridine rings is 1. The Labute approximate surface area is 101 Å². The van der Waals surface area contributed by atoms with Gasteiger partial charge in [-0.05, 0) is 18.2 Å². The maximum atomic E-state index is 11.7. The van der Waals surface area contributed by atoms with Crippen LogP contribution in [-0.2, 0) is 11.3 Å². The predicted molar refractivity (Wildman–Crippen MR) is 66.5 cm³/mol. The molecule has 0 unspecified atom stereocenters. The summed E-state index contributed by atoms with van der Waals surface area (Å²) in [6.07, 6.45) is 1.89. The lowest BCUT2D eigenvalue weighted by molar-refractivity contribution is -0.128. The highest BCUT2D eigenvalue weighted by molar-refractivity contribution is 5.81. The summed E-state index contributed by atoms with van der Waals surface area (Å²) < 4.78 is 1.80. The Morgan fingerprint density at radius 1 is 1.41 bits per heavy atom. The van der Waals surface area contributed by atoms with Gasteiger partial charge in [0.15, 0.2) is 0 Å². The van der Waals surface area contributed by atoms with Crippen LogP contribution in [0.4, 0.5) is 0 Å². The molecule has 2 aromatic heterocycles. The molecule has 2 heterocycles. The molecule has 2 aromatic rings. The Balaban J connectivity index is 2.07. The molecule has 0 aromatic carbocycles. The normalized spacial score (nSPS) is 11.7. The third kappa shape index (κ3) is 2.64. The topological polar surface area (TPSA) is 46.4 Å². The molecule has 1 amide bonds. The van der Waals surface area contributed by atoms with Gasteiger partial charge in [0, 0.05) is 11.6 Å². The first-order valence-electron chi connectivity index (χ1n) is 5.68. The van der Waals surface area contributed by atoms with Gasteiger partial charge in [-0.2, -0.15) is 5.10 Å². The molecular weight excluding hydrogens is 214 g/mol. The number of nitrogens with one attached hydrogen (secondary N) is 1. The first kappa shape index (κ1) is 11.6. The number of amides is 1. The Bertz CT molecular complexity index is 504. The average molecular weight is 231 g/mol. The van der Waals surface area contributed by atoms with Crippen molar-refractivity contribution in [2.24, 2.45) is 5.41 Å². The molecule has 0 spiro atoms. The molecule has 0 aliphatic rings. The van der Waals surface area contributed by atoms with Crippen molar-refractivity contribution in [3.63, 3.8) is 0 Å². The molecule has 0 fully saturated rings. The molecule has 0 atom stereocenters. The summed E-state index contributed by atoms with van der Waals surface area (Å²) in [7, 11) is 0. The molecule has 0 radical (unpaired) electrons. The number of fused-ring (bicyclic) bond motifs is 1. The third-order valence-corrected chi connectivity index (χ3v) is 2.53. The highest BCUT2D eigenvalue weighted by atomic mass is 16.2. The smallest absolute Gasteiger partial charge is 0.225 e. The van der Waals surface area contributed by atoms with Crippen LogP contribution >= 0.6 is 0 Å². The number of rotatable bonds is 2. The fourth-order valence-corrected chi connectivity index (χ4v) is 1.51. The minimum Gasteiger partial charge on any atom is -0.350 e. The van der Waals surface area contributed by atoms with Crippen LogP contribution in [0.5, 0.6) is 0 Å². The van der Waals surface area contributed by atoms with Gasteiger partial charge in [-0.3, -0.25) is 4.79 Å². The molecule has 0 saturated carbocycles. The highest BCUT2D eigenvalue weighted by Crippen LogP contribution is 2.13. The molecule has 17 heavy (non-hydrogen) atoms. The van der Waals surface area contributed by atoms with Crippen molar-refractivity contribution in [2.45, 2.75) is 27.3 Å². The quantitative estimate of drug-likeness (QED) is 0.859. The summed E-state index contributed by atoms with van der Waals surface area (Å²) in [5.41, 5.74) is 1.54. The zero-order chi connectivity index (χ0) is 12.5. The van der Waals surface area contributed by atoms with Crippen molar-refractivity contribution in [3.05, 3.63) is 36.2 Å². The van der Waals surface area contributed by atoms with Crippen LogP contribution in [0.3, 0.4) is 0 Å². The fraction of sp³-hybridized carbons (Fsp3) is 0.385. The molecule has 4 nitrogen and oxygen atoms in total. The highest BCUT2D eigenvalue weighted by Gasteiger charge is 2.20. The predicted octanol–water partition coefficient (Wildman–Crippen LogP) is 2.00. The van der Waals surface area contributed by atoms with Gasteiger partial charge in [-0.15, -0.1) is 0 Å². The summed E-state index contributed by atoms with van der Waals surface area (Å²) in [6.45, 7) is 6.15. The van der Waals surface area contributed by atoms with Crippen molar-refractivity contribution in [1.82, 2.24) is 14.9 Å². The maximum Gasteiger partial charge on any atom is 0.225 e. The molecular formula is C13H17N3O. The molecule has 0 aliphatic carbocycles. The largest absolute Gasteiger partial charge is 0.350 e. The van der Waals surface area contributed by atoms with E-state index in [1.165, 1.54) is 0 Å². The minimum absolute atomic E-state index is 0.0366. The number of carbonyl (C=O) groups excluding carboxylic acids is 1. The Morgan fingerprint density at radius 3 is 2.82 bits per heavy atom. The van der Waals surface area contributed by atoms with E-state index in [-0.39, 0.29) is 11.3 Å². The van der Waals surface area contributed by atoms with Gasteiger partial charge in [-0.25, -0.2) is 4.52 Å². The second-order valence-electron chi connectivity index (χ2n) is 5.14. The molecule has 2 rings (SSSR count). The standard InChI is InChI=1S/C13H17N3O/c1-13(2,3)12(17)14-9-10-8-11-6-4-5-7-16(11)15-10/h4-8H,9H2,1-3H3,(H,14,17).